The van der Waals surface area contributed by atoms with Crippen molar-refractivity contribution in [2.45, 2.75) is 37.6 Å². The number of benzene rings is 2. The second-order valence-electron chi connectivity index (χ2n) is 8.16. The number of hydrogen-bond donors (Lipinski definition) is 1. The van der Waals surface area contributed by atoms with E-state index in [0.717, 1.165) is 0 Å². The Morgan fingerprint density at radius 2 is 1.62 bits per heavy atom. The molecule has 34 heavy (non-hydrogen) atoms. The molecule has 0 saturated carbocycles. The van der Waals surface area contributed by atoms with Crippen LogP contribution in [0.5, 0.6) is 0 Å². The Bertz CT molecular complexity index is 1100. The molecular formula is C24H29ClFN3O4S. The third kappa shape index (κ3) is 5.95. The van der Waals surface area contributed by atoms with Gasteiger partial charge in [-0.15, -0.1) is 0 Å². The second-order valence-corrected chi connectivity index (χ2v) is 10.5. The number of nitrogens with zero attached hydrogens (tertiary/aromatic N) is 2. The standard InChI is InChI=1S/C24H29ClFN3O4S/c1-3-28(4-2)24(31)22(27-23(30)18-5-9-20(26)10-6-18)17-13-15-29(16-14-17)34(32,33)21-11-7-19(25)8-12-21/h5-12,17,22H,3-4,13-16H2,1-2H3,(H,27,30). The molecule has 1 unspecified atom stereocenters. The summed E-state index contributed by atoms with van der Waals surface area (Å²) in [4.78, 5) is 27.9. The van der Waals surface area contributed by atoms with E-state index in [9.17, 15) is 22.4 Å². The Morgan fingerprint density at radius 1 is 1.06 bits per heavy atom. The van der Waals surface area contributed by atoms with E-state index < -0.39 is 27.8 Å². The number of piperidine rings is 1. The van der Waals surface area contributed by atoms with E-state index in [1.807, 2.05) is 13.8 Å². The average molecular weight is 510 g/mol. The Kier molecular flexibility index (Phi) is 8.67. The Balaban J connectivity index is 1.76. The van der Waals surface area contributed by atoms with E-state index in [4.69, 9.17) is 11.6 Å². The van der Waals surface area contributed by atoms with Crippen molar-refractivity contribution in [3.63, 3.8) is 0 Å². The molecule has 0 aliphatic carbocycles. The van der Waals surface area contributed by atoms with E-state index in [0.29, 0.717) is 31.0 Å². The number of amides is 2. The third-order valence-electron chi connectivity index (χ3n) is 6.16. The molecule has 0 radical (unpaired) electrons. The van der Waals surface area contributed by atoms with Gasteiger partial charge in [0.15, 0.2) is 0 Å². The van der Waals surface area contributed by atoms with Gasteiger partial charge in [-0.05, 0) is 81.1 Å². The van der Waals surface area contributed by atoms with Gasteiger partial charge in [0, 0.05) is 36.8 Å². The lowest BCUT2D eigenvalue weighted by atomic mass is 9.89. The molecule has 1 N–H and O–H groups in total. The Hall–Kier alpha value is -2.49. The SMILES string of the molecule is CCN(CC)C(=O)C(NC(=O)c1ccc(F)cc1)C1CCN(S(=O)(=O)c2ccc(Cl)cc2)CC1. The van der Waals surface area contributed by atoms with Crippen molar-refractivity contribution in [2.75, 3.05) is 26.2 Å². The molecular weight excluding hydrogens is 481 g/mol. The predicted molar refractivity (Wildman–Crippen MR) is 129 cm³/mol. The average Bonchev–Trinajstić information content (AvgIpc) is 2.84. The maximum atomic E-state index is 13.3. The van der Waals surface area contributed by atoms with Crippen LogP contribution in [0, 0.1) is 11.7 Å². The summed E-state index contributed by atoms with van der Waals surface area (Å²) in [6.45, 7) is 5.15. The van der Waals surface area contributed by atoms with E-state index >= 15 is 0 Å². The first kappa shape index (κ1) is 26.1. The van der Waals surface area contributed by atoms with Gasteiger partial charge in [0.2, 0.25) is 15.9 Å². The summed E-state index contributed by atoms with van der Waals surface area (Å²) in [6, 6.07) is 10.3. The van der Waals surface area contributed by atoms with E-state index in [1.54, 1.807) is 4.90 Å². The molecule has 0 aromatic heterocycles. The van der Waals surface area contributed by atoms with Gasteiger partial charge in [0.1, 0.15) is 11.9 Å². The van der Waals surface area contributed by atoms with Crippen molar-refractivity contribution < 1.29 is 22.4 Å². The first-order chi connectivity index (χ1) is 16.2. The Morgan fingerprint density at radius 3 is 2.15 bits per heavy atom. The van der Waals surface area contributed by atoms with Gasteiger partial charge in [0.05, 0.1) is 4.90 Å². The fourth-order valence-electron chi connectivity index (χ4n) is 4.14. The molecule has 1 atom stereocenters. The fourth-order valence-corrected chi connectivity index (χ4v) is 5.74. The van der Waals surface area contributed by atoms with Crippen LogP contribution < -0.4 is 5.32 Å². The summed E-state index contributed by atoms with van der Waals surface area (Å²) in [6.07, 6.45) is 0.822. The van der Waals surface area contributed by atoms with Gasteiger partial charge in [-0.2, -0.15) is 4.31 Å². The lowest BCUT2D eigenvalue weighted by molar-refractivity contribution is -0.134. The normalized spacial score (nSPS) is 16.1. The molecule has 1 aliphatic heterocycles. The molecule has 1 heterocycles. The van der Waals surface area contributed by atoms with E-state index in [-0.39, 0.29) is 35.4 Å². The van der Waals surface area contributed by atoms with Crippen LogP contribution in [0.1, 0.15) is 37.0 Å². The van der Waals surface area contributed by atoms with Gasteiger partial charge < -0.3 is 10.2 Å². The molecule has 2 aromatic carbocycles. The van der Waals surface area contributed by atoms with Crippen LogP contribution >= 0.6 is 11.6 Å². The highest BCUT2D eigenvalue weighted by molar-refractivity contribution is 7.89. The molecule has 1 saturated heterocycles. The van der Waals surface area contributed by atoms with Gasteiger partial charge in [0.25, 0.3) is 5.91 Å². The van der Waals surface area contributed by atoms with Crippen molar-refractivity contribution in [1.29, 1.82) is 0 Å². The second kappa shape index (κ2) is 11.3. The number of carbonyl (C=O) groups is 2. The van der Waals surface area contributed by atoms with Crippen molar-refractivity contribution in [3.8, 4) is 0 Å². The number of halogens is 2. The first-order valence-corrected chi connectivity index (χ1v) is 13.1. The van der Waals surface area contributed by atoms with Gasteiger partial charge in [-0.25, -0.2) is 12.8 Å². The molecule has 0 spiro atoms. The lowest BCUT2D eigenvalue weighted by Gasteiger charge is -2.37. The van der Waals surface area contributed by atoms with Crippen molar-refractivity contribution in [3.05, 3.63) is 64.9 Å². The molecule has 7 nitrogen and oxygen atoms in total. The minimum atomic E-state index is -3.69. The largest absolute Gasteiger partial charge is 0.341 e. The topological polar surface area (TPSA) is 86.8 Å². The van der Waals surface area contributed by atoms with Crippen molar-refractivity contribution in [2.24, 2.45) is 5.92 Å². The van der Waals surface area contributed by atoms with Crippen LogP contribution in [0.4, 0.5) is 4.39 Å². The summed E-state index contributed by atoms with van der Waals surface area (Å²) >= 11 is 5.88. The smallest absolute Gasteiger partial charge is 0.251 e. The summed E-state index contributed by atoms with van der Waals surface area (Å²) < 4.78 is 40.7. The van der Waals surface area contributed by atoms with Crippen LogP contribution in [-0.2, 0) is 14.8 Å². The third-order valence-corrected chi connectivity index (χ3v) is 8.32. The summed E-state index contributed by atoms with van der Waals surface area (Å²) in [5.74, 6) is -1.38. The van der Waals surface area contributed by atoms with Crippen LogP contribution in [0.15, 0.2) is 53.4 Å². The highest BCUT2D eigenvalue weighted by Gasteiger charge is 2.37. The monoisotopic (exact) mass is 509 g/mol. The van der Waals surface area contributed by atoms with Crippen molar-refractivity contribution >= 4 is 33.4 Å². The van der Waals surface area contributed by atoms with Gasteiger partial charge in [-0.1, -0.05) is 11.6 Å². The minimum absolute atomic E-state index is 0.163. The summed E-state index contributed by atoms with van der Waals surface area (Å²) in [5.41, 5.74) is 0.251. The number of nitrogens with one attached hydrogen (secondary N) is 1. The number of rotatable bonds is 8. The molecule has 1 fully saturated rings. The highest BCUT2D eigenvalue weighted by atomic mass is 35.5. The highest BCUT2D eigenvalue weighted by Crippen LogP contribution is 2.27. The molecule has 1 aliphatic rings. The maximum Gasteiger partial charge on any atom is 0.251 e. The minimum Gasteiger partial charge on any atom is -0.341 e. The quantitative estimate of drug-likeness (QED) is 0.589. The van der Waals surface area contributed by atoms with Crippen LogP contribution in [0.2, 0.25) is 5.02 Å². The lowest BCUT2D eigenvalue weighted by Crippen LogP contribution is -2.54. The number of hydrogen-bond acceptors (Lipinski definition) is 4. The Labute approximate surface area is 204 Å². The number of likely N-dealkylation sites (N-methyl/N-ethyl adjacent to an activating group) is 1. The van der Waals surface area contributed by atoms with Crippen LogP contribution in [0.3, 0.4) is 0 Å². The van der Waals surface area contributed by atoms with Gasteiger partial charge in [-0.3, -0.25) is 9.59 Å². The summed E-state index contributed by atoms with van der Waals surface area (Å²) in [7, 11) is -3.69. The molecule has 2 aromatic rings. The first-order valence-electron chi connectivity index (χ1n) is 11.3. The zero-order valence-electron chi connectivity index (χ0n) is 19.2. The molecule has 184 valence electrons. The molecule has 3 rings (SSSR count). The van der Waals surface area contributed by atoms with E-state index in [2.05, 4.69) is 5.32 Å². The molecule has 10 heteroatoms. The van der Waals surface area contributed by atoms with Crippen molar-refractivity contribution in [1.82, 2.24) is 14.5 Å². The maximum absolute atomic E-state index is 13.3. The number of carbonyl (C=O) groups excluding carboxylic acids is 2. The molecule has 2 amide bonds. The number of sulfonamides is 1. The summed E-state index contributed by atoms with van der Waals surface area (Å²) in [5, 5.41) is 3.28. The predicted octanol–water partition coefficient (Wildman–Crippen LogP) is 3.55. The van der Waals surface area contributed by atoms with E-state index in [1.165, 1.54) is 52.8 Å². The zero-order chi connectivity index (χ0) is 24.9. The zero-order valence-corrected chi connectivity index (χ0v) is 20.8. The van der Waals surface area contributed by atoms with Gasteiger partial charge >= 0.3 is 0 Å². The molecule has 0 bridgehead atoms. The van der Waals surface area contributed by atoms with Crippen LogP contribution in [0.25, 0.3) is 0 Å². The fraction of sp³-hybridized carbons (Fsp3) is 0.417. The van der Waals surface area contributed by atoms with Crippen LogP contribution in [-0.4, -0.2) is 61.7 Å².